The highest BCUT2D eigenvalue weighted by Gasteiger charge is 2.12. The van der Waals surface area contributed by atoms with Gasteiger partial charge in [0, 0.05) is 5.56 Å². The van der Waals surface area contributed by atoms with E-state index in [0.717, 1.165) is 34.1 Å². The van der Waals surface area contributed by atoms with Gasteiger partial charge in [-0.3, -0.25) is 4.79 Å². The molecule has 2 aromatic rings. The van der Waals surface area contributed by atoms with Gasteiger partial charge in [-0.25, -0.2) is 4.98 Å². The van der Waals surface area contributed by atoms with E-state index in [1.165, 1.54) is 0 Å². The highest BCUT2D eigenvalue weighted by atomic mass is 32.2. The molecule has 21 heavy (non-hydrogen) atoms. The number of carboxylic acids is 1. The molecular weight excluding hydrogens is 284 g/mol. The topological polar surface area (TPSA) is 74.0 Å². The van der Waals surface area contributed by atoms with Crippen molar-refractivity contribution < 1.29 is 9.90 Å². The number of hydrogen-bond donors (Lipinski definition) is 1. The molecule has 0 radical (unpaired) electrons. The molecule has 0 aliphatic heterocycles. The van der Waals surface area contributed by atoms with Crippen molar-refractivity contribution in [3.05, 3.63) is 47.0 Å². The standard InChI is InChI=1S/C16H14N2O2S/c1-10-3-5-12(6-4-10)15-11(2)7-13(8-17)16(18-15)21-9-14(19)20/h3-7H,9H2,1-2H3,(H,19,20). The van der Waals surface area contributed by atoms with Gasteiger partial charge in [-0.05, 0) is 25.5 Å². The monoisotopic (exact) mass is 298 g/mol. The van der Waals surface area contributed by atoms with Crippen molar-refractivity contribution >= 4 is 17.7 Å². The summed E-state index contributed by atoms with van der Waals surface area (Å²) in [5, 5.41) is 18.4. The molecule has 1 heterocycles. The van der Waals surface area contributed by atoms with Crippen LogP contribution in [0.3, 0.4) is 0 Å². The molecule has 0 saturated carbocycles. The van der Waals surface area contributed by atoms with Crippen LogP contribution in [0.1, 0.15) is 16.7 Å². The molecule has 1 aromatic heterocycles. The summed E-state index contributed by atoms with van der Waals surface area (Å²) in [5.74, 6) is -1.04. The van der Waals surface area contributed by atoms with Crippen LogP contribution in [0.25, 0.3) is 11.3 Å². The molecule has 0 amide bonds. The van der Waals surface area contributed by atoms with Crippen molar-refractivity contribution in [3.63, 3.8) is 0 Å². The van der Waals surface area contributed by atoms with Crippen LogP contribution >= 0.6 is 11.8 Å². The molecule has 0 spiro atoms. The summed E-state index contributed by atoms with van der Waals surface area (Å²) in [6.07, 6.45) is 0. The van der Waals surface area contributed by atoms with E-state index in [-0.39, 0.29) is 5.75 Å². The maximum absolute atomic E-state index is 10.7. The van der Waals surface area contributed by atoms with Crippen molar-refractivity contribution in [1.29, 1.82) is 5.26 Å². The lowest BCUT2D eigenvalue weighted by atomic mass is 10.0. The number of hydrogen-bond acceptors (Lipinski definition) is 4. The lowest BCUT2D eigenvalue weighted by Crippen LogP contribution is -2.01. The average Bonchev–Trinajstić information content (AvgIpc) is 2.46. The maximum atomic E-state index is 10.7. The summed E-state index contributed by atoms with van der Waals surface area (Å²) < 4.78 is 0. The zero-order chi connectivity index (χ0) is 15.4. The lowest BCUT2D eigenvalue weighted by Gasteiger charge is -2.09. The number of nitriles is 1. The summed E-state index contributed by atoms with van der Waals surface area (Å²) >= 11 is 1.07. The highest BCUT2D eigenvalue weighted by molar-refractivity contribution is 7.99. The molecule has 1 aromatic carbocycles. The number of aryl methyl sites for hydroxylation is 2. The van der Waals surface area contributed by atoms with Gasteiger partial charge in [0.05, 0.1) is 17.0 Å². The summed E-state index contributed by atoms with van der Waals surface area (Å²) in [5.41, 5.74) is 4.21. The van der Waals surface area contributed by atoms with Crippen LogP contribution in [-0.2, 0) is 4.79 Å². The van der Waals surface area contributed by atoms with Gasteiger partial charge in [0.2, 0.25) is 0 Å². The van der Waals surface area contributed by atoms with E-state index in [1.807, 2.05) is 38.1 Å². The molecule has 0 saturated heterocycles. The molecule has 0 unspecified atom stereocenters. The highest BCUT2D eigenvalue weighted by Crippen LogP contribution is 2.28. The minimum atomic E-state index is -0.928. The van der Waals surface area contributed by atoms with Crippen LogP contribution in [0.4, 0.5) is 0 Å². The third-order valence-corrected chi connectivity index (χ3v) is 3.93. The first-order valence-electron chi connectivity index (χ1n) is 6.34. The minimum Gasteiger partial charge on any atom is -0.481 e. The van der Waals surface area contributed by atoms with Crippen molar-refractivity contribution in [2.75, 3.05) is 5.75 Å². The maximum Gasteiger partial charge on any atom is 0.313 e. The van der Waals surface area contributed by atoms with Crippen molar-refractivity contribution in [1.82, 2.24) is 4.98 Å². The van der Waals surface area contributed by atoms with Crippen LogP contribution in [0.2, 0.25) is 0 Å². The van der Waals surface area contributed by atoms with Gasteiger partial charge in [-0.1, -0.05) is 41.6 Å². The number of benzene rings is 1. The number of aliphatic carboxylic acids is 1. The van der Waals surface area contributed by atoms with E-state index in [9.17, 15) is 4.79 Å². The van der Waals surface area contributed by atoms with Crippen molar-refractivity contribution in [2.24, 2.45) is 0 Å². The Balaban J connectivity index is 2.47. The number of thioether (sulfide) groups is 1. The average molecular weight is 298 g/mol. The largest absolute Gasteiger partial charge is 0.481 e. The van der Waals surface area contributed by atoms with Crippen molar-refractivity contribution in [2.45, 2.75) is 18.9 Å². The Labute approximate surface area is 127 Å². The molecule has 0 atom stereocenters. The van der Waals surface area contributed by atoms with E-state index in [1.54, 1.807) is 6.07 Å². The molecule has 5 heteroatoms. The van der Waals surface area contributed by atoms with E-state index in [4.69, 9.17) is 10.4 Å². The smallest absolute Gasteiger partial charge is 0.313 e. The molecule has 0 fully saturated rings. The van der Waals surface area contributed by atoms with Crippen LogP contribution in [0.15, 0.2) is 35.4 Å². The van der Waals surface area contributed by atoms with E-state index < -0.39 is 5.97 Å². The van der Waals surface area contributed by atoms with Gasteiger partial charge in [-0.2, -0.15) is 5.26 Å². The number of pyridine rings is 1. The molecule has 106 valence electrons. The molecule has 0 bridgehead atoms. The van der Waals surface area contributed by atoms with Gasteiger partial charge >= 0.3 is 5.97 Å². The quantitative estimate of drug-likeness (QED) is 0.875. The lowest BCUT2D eigenvalue weighted by molar-refractivity contribution is -0.133. The third-order valence-electron chi connectivity index (χ3n) is 2.96. The first kappa shape index (κ1) is 15.1. The van der Waals surface area contributed by atoms with Crippen LogP contribution in [0, 0.1) is 25.2 Å². The van der Waals surface area contributed by atoms with Gasteiger partial charge in [0.25, 0.3) is 0 Å². The molecule has 4 nitrogen and oxygen atoms in total. The van der Waals surface area contributed by atoms with E-state index >= 15 is 0 Å². The van der Waals surface area contributed by atoms with Crippen LogP contribution < -0.4 is 0 Å². The fourth-order valence-electron chi connectivity index (χ4n) is 1.92. The summed E-state index contributed by atoms with van der Waals surface area (Å²) in [4.78, 5) is 15.2. The van der Waals surface area contributed by atoms with Gasteiger partial charge in [0.15, 0.2) is 0 Å². The van der Waals surface area contributed by atoms with E-state index in [2.05, 4.69) is 11.1 Å². The first-order chi connectivity index (χ1) is 10.0. The third kappa shape index (κ3) is 3.61. The Morgan fingerprint density at radius 2 is 2.00 bits per heavy atom. The summed E-state index contributed by atoms with van der Waals surface area (Å²) in [7, 11) is 0. The second-order valence-corrected chi connectivity index (χ2v) is 5.63. The van der Waals surface area contributed by atoms with Gasteiger partial charge < -0.3 is 5.11 Å². The Morgan fingerprint density at radius 1 is 1.33 bits per heavy atom. The molecule has 0 aliphatic carbocycles. The van der Waals surface area contributed by atoms with Crippen molar-refractivity contribution in [3.8, 4) is 17.3 Å². The SMILES string of the molecule is Cc1ccc(-c2nc(SCC(=O)O)c(C#N)cc2C)cc1. The molecule has 0 aliphatic rings. The van der Waals surface area contributed by atoms with Crippen LogP contribution in [0.5, 0.6) is 0 Å². The predicted octanol–water partition coefficient (Wildman–Crippen LogP) is 3.41. The fraction of sp³-hybridized carbons (Fsp3) is 0.188. The fourth-order valence-corrected chi connectivity index (χ4v) is 2.60. The molecule has 1 N–H and O–H groups in total. The first-order valence-corrected chi connectivity index (χ1v) is 7.33. The predicted molar refractivity (Wildman–Crippen MR) is 82.2 cm³/mol. The molecular formula is C16H14N2O2S. The number of rotatable bonds is 4. The molecule has 2 rings (SSSR count). The van der Waals surface area contributed by atoms with Crippen LogP contribution in [-0.4, -0.2) is 21.8 Å². The zero-order valence-electron chi connectivity index (χ0n) is 11.8. The Hall–Kier alpha value is -2.32. The summed E-state index contributed by atoms with van der Waals surface area (Å²) in [6.45, 7) is 3.91. The number of aromatic nitrogens is 1. The number of carbonyl (C=O) groups is 1. The second kappa shape index (κ2) is 6.42. The summed E-state index contributed by atoms with van der Waals surface area (Å²) in [6, 6.07) is 11.8. The normalized spacial score (nSPS) is 10.1. The Kier molecular flexibility index (Phi) is 4.61. The second-order valence-electron chi connectivity index (χ2n) is 4.67. The van der Waals surface area contributed by atoms with Gasteiger partial charge in [-0.15, -0.1) is 0 Å². The zero-order valence-corrected chi connectivity index (χ0v) is 12.6. The number of nitrogens with zero attached hydrogens (tertiary/aromatic N) is 2. The number of carboxylic acid groups (broad SMARTS) is 1. The minimum absolute atomic E-state index is 0.113. The Morgan fingerprint density at radius 3 is 2.57 bits per heavy atom. The Bertz CT molecular complexity index is 718. The van der Waals surface area contributed by atoms with E-state index in [0.29, 0.717) is 10.6 Å². The van der Waals surface area contributed by atoms with Gasteiger partial charge in [0.1, 0.15) is 11.1 Å².